The van der Waals surface area contributed by atoms with Crippen molar-refractivity contribution in [3.05, 3.63) is 0 Å². The lowest BCUT2D eigenvalue weighted by atomic mass is 9.97. The molecule has 0 aromatic heterocycles. The van der Waals surface area contributed by atoms with Crippen molar-refractivity contribution in [2.75, 3.05) is 224 Å². The molecule has 704 valence electrons. The smallest absolute Gasteiger partial charge is 0.222 e. The average Bonchev–Trinajstić information content (AvgIpc) is 0.861. The Balaban J connectivity index is 6.68. The Hall–Kier alpha value is -11.1. The van der Waals surface area contributed by atoms with Gasteiger partial charge in [-0.2, -0.15) is 0 Å². The van der Waals surface area contributed by atoms with Crippen LogP contribution in [0.5, 0.6) is 0 Å². The number of carbonyl (C=O) groups excluding carboxylic acids is 12. The van der Waals surface area contributed by atoms with Gasteiger partial charge in [-0.05, 0) is 20.8 Å². The van der Waals surface area contributed by atoms with Gasteiger partial charge in [0.15, 0.2) is 35.8 Å². The molecule has 0 aromatic carbocycles. The maximum atomic E-state index is 14.0. The van der Waals surface area contributed by atoms with Gasteiger partial charge in [0, 0.05) is 188 Å². The van der Waals surface area contributed by atoms with E-state index in [-0.39, 0.29) is 336 Å². The molecule has 0 aliphatic heterocycles. The van der Waals surface area contributed by atoms with Crippen molar-refractivity contribution in [3.8, 4) is 0 Å². The van der Waals surface area contributed by atoms with Crippen molar-refractivity contribution in [2.24, 2.45) is 34.4 Å². The topological polar surface area (TPSA) is 816 Å². The first kappa shape index (κ1) is 112. The van der Waals surface area contributed by atoms with Gasteiger partial charge in [0.05, 0.1) is 124 Å². The van der Waals surface area contributed by atoms with E-state index in [0.29, 0.717) is 0 Å². The van der Waals surface area contributed by atoms with E-state index in [1.807, 2.05) is 20.8 Å². The van der Waals surface area contributed by atoms with Crippen LogP contribution in [0.3, 0.4) is 0 Å². The number of nitrogens with two attached hydrogens (primary N) is 6. The Morgan fingerprint density at radius 2 is 0.374 bits per heavy atom. The number of guanidine groups is 6. The minimum absolute atomic E-state index is 0.0491. The van der Waals surface area contributed by atoms with Gasteiger partial charge in [0.25, 0.3) is 0 Å². The third kappa shape index (κ3) is 68.1. The molecule has 0 atom stereocenters. The van der Waals surface area contributed by atoms with Gasteiger partial charge < -0.3 is 178 Å². The molecule has 0 spiro atoms. The summed E-state index contributed by atoms with van der Waals surface area (Å²) in [6, 6.07) is 0. The number of ether oxygens (including phenoxy) is 9. The highest BCUT2D eigenvalue weighted by Crippen LogP contribution is 2.17. The maximum absolute atomic E-state index is 14.0. The van der Waals surface area contributed by atoms with E-state index >= 15 is 0 Å². The molecule has 37 N–H and O–H groups in total. The molecule has 0 bridgehead atoms. The SMILES string of the molecule is CNC(=O)CCNC(=O)CCOCC(COCCC(=O)NCCC(=O)NC(COCCC(=O)NCCNC(=N)N)(COCCC(=O)NCCNC(=N)N)COCCC(=O)NCCNC(=N)N)(COCCC(=O)NCCC(=O)NC(COCCC(=O)NCCNC(=N)N)(COCCC(=O)NCCNC(=N)N)COCCC(=O)NCCNC(=N)N)NC(C)(C)C. The van der Waals surface area contributed by atoms with Crippen LogP contribution in [0, 0.1) is 32.5 Å². The summed E-state index contributed by atoms with van der Waals surface area (Å²) < 4.78 is 54.1. The summed E-state index contributed by atoms with van der Waals surface area (Å²) in [6.45, 7) is 3.36. The molecule has 0 radical (unpaired) electrons. The quantitative estimate of drug-likeness (QED) is 0.0153. The van der Waals surface area contributed by atoms with Crippen molar-refractivity contribution < 1.29 is 100 Å². The predicted molar refractivity (Wildman–Crippen MR) is 451 cm³/mol. The normalized spacial score (nSPS) is 12.4. The third-order valence-electron chi connectivity index (χ3n) is 16.0. The fourth-order valence-corrected chi connectivity index (χ4v) is 10.4. The van der Waals surface area contributed by atoms with E-state index < -0.39 is 87.1 Å². The minimum atomic E-state index is -1.53. The zero-order chi connectivity index (χ0) is 92.0. The summed E-state index contributed by atoms with van der Waals surface area (Å²) in [7, 11) is 1.47. The molecule has 52 heteroatoms. The van der Waals surface area contributed by atoms with E-state index in [2.05, 4.69) is 101 Å². The van der Waals surface area contributed by atoms with Gasteiger partial charge in [-0.25, -0.2) is 0 Å². The molecule has 0 aromatic rings. The van der Waals surface area contributed by atoms with E-state index in [1.165, 1.54) is 7.05 Å². The molecular formula is C71H139N31O21. The van der Waals surface area contributed by atoms with Crippen LogP contribution < -0.4 is 135 Å². The van der Waals surface area contributed by atoms with E-state index in [1.54, 1.807) is 0 Å². The van der Waals surface area contributed by atoms with E-state index in [0.717, 1.165) is 0 Å². The highest BCUT2D eigenvalue weighted by atomic mass is 16.5. The second kappa shape index (κ2) is 68.4. The highest BCUT2D eigenvalue weighted by Gasteiger charge is 2.38. The van der Waals surface area contributed by atoms with Crippen molar-refractivity contribution in [2.45, 2.75) is 120 Å². The molecule has 0 saturated heterocycles. The van der Waals surface area contributed by atoms with Crippen LogP contribution in [-0.4, -0.2) is 353 Å². The molecule has 0 aliphatic rings. The van der Waals surface area contributed by atoms with Gasteiger partial charge in [-0.1, -0.05) is 0 Å². The van der Waals surface area contributed by atoms with Crippen molar-refractivity contribution in [1.82, 2.24) is 101 Å². The van der Waals surface area contributed by atoms with Crippen LogP contribution in [-0.2, 0) is 100 Å². The van der Waals surface area contributed by atoms with Gasteiger partial charge in [0.1, 0.15) is 11.1 Å². The highest BCUT2D eigenvalue weighted by molar-refractivity contribution is 5.83. The maximum Gasteiger partial charge on any atom is 0.222 e. The zero-order valence-corrected chi connectivity index (χ0v) is 71.4. The van der Waals surface area contributed by atoms with E-state index in [9.17, 15) is 57.5 Å². The van der Waals surface area contributed by atoms with Crippen LogP contribution in [0.1, 0.15) is 97.8 Å². The van der Waals surface area contributed by atoms with Crippen molar-refractivity contribution in [1.29, 1.82) is 32.5 Å². The van der Waals surface area contributed by atoms with Crippen LogP contribution in [0.4, 0.5) is 0 Å². The van der Waals surface area contributed by atoms with Crippen LogP contribution >= 0.6 is 0 Å². The molecule has 12 amide bonds. The third-order valence-corrected chi connectivity index (χ3v) is 16.0. The fourth-order valence-electron chi connectivity index (χ4n) is 10.4. The van der Waals surface area contributed by atoms with E-state index in [4.69, 9.17) is 109 Å². The first-order valence-corrected chi connectivity index (χ1v) is 40.1. The number of hydrogen-bond donors (Lipinski definition) is 31. The fraction of sp³-hybridized carbons (Fsp3) is 0.746. The number of amides is 12. The number of nitrogens with one attached hydrogen (secondary N) is 25. The summed E-state index contributed by atoms with van der Waals surface area (Å²) in [5.41, 5.74) is 27.0. The van der Waals surface area contributed by atoms with Crippen LogP contribution in [0.25, 0.3) is 0 Å². The summed E-state index contributed by atoms with van der Waals surface area (Å²) in [4.78, 5) is 156. The lowest BCUT2D eigenvalue weighted by molar-refractivity contribution is -0.131. The molecule has 0 aliphatic carbocycles. The van der Waals surface area contributed by atoms with Crippen molar-refractivity contribution in [3.63, 3.8) is 0 Å². The van der Waals surface area contributed by atoms with Gasteiger partial charge >= 0.3 is 0 Å². The number of hydrogen-bond acceptors (Lipinski definition) is 28. The van der Waals surface area contributed by atoms with Gasteiger partial charge in [-0.3, -0.25) is 90.0 Å². The Labute approximate surface area is 716 Å². The molecule has 52 nitrogen and oxygen atoms in total. The number of carbonyl (C=O) groups is 12. The van der Waals surface area contributed by atoms with Gasteiger partial charge in [-0.15, -0.1) is 0 Å². The van der Waals surface area contributed by atoms with Crippen molar-refractivity contribution >= 4 is 107 Å². The standard InChI is InChI=1S/C71H139N31O21/c1-68(2,3)102-71(47-121-38-8-51(104)85-17-5-50(103)84-4,48-122-39-9-52(105)86-18-6-60(113)100-69(41-115-32-11-54(107)88-20-26-94-62(72)73,42-116-33-12-55(108)89-21-27-95-63(74)75)43-117-34-13-56(109)90-22-28-96-64(76)77)49-123-40-10-53(106)87-19-7-61(114)101-70(44-118-35-14-57(110)91-23-29-97-65(78)79,45-119-36-15-58(111)92-24-30-98-66(80)81)46-120-37-16-59(112)93-25-31-99-67(82)83/h102H,5-49H2,1-4H3,(H,84,103)(H,85,104)(H,86,105)(H,87,106)(H,88,107)(H,89,108)(H,90,109)(H,91,110)(H,92,111)(H,93,112)(H,100,113)(H,101,114)(H4,72,73,94)(H4,74,75,95)(H4,76,77,96)(H4,78,79,97)(H4,80,81,98)(H4,82,83,99). The summed E-state index contributed by atoms with van der Waals surface area (Å²) in [5, 5.41) is 95.1. The Bertz CT molecular complexity index is 2850. The second-order valence-electron chi connectivity index (χ2n) is 28.7. The Morgan fingerprint density at radius 3 is 0.537 bits per heavy atom. The monoisotopic (exact) mass is 1760 g/mol. The van der Waals surface area contributed by atoms with Gasteiger partial charge in [0.2, 0.25) is 70.9 Å². The molecule has 123 heavy (non-hydrogen) atoms. The minimum Gasteiger partial charge on any atom is -0.379 e. The Kier molecular flexibility index (Phi) is 62.2. The first-order chi connectivity index (χ1) is 58.4. The molecule has 0 rings (SSSR count). The average molecular weight is 1760 g/mol. The predicted octanol–water partition coefficient (Wildman–Crippen LogP) is -11.7. The Morgan fingerprint density at radius 1 is 0.220 bits per heavy atom. The molecule has 0 heterocycles. The lowest BCUT2D eigenvalue weighted by Crippen LogP contribution is -2.62. The molecule has 0 unspecified atom stereocenters. The molecule has 0 saturated carbocycles. The summed E-state index contributed by atoms with van der Waals surface area (Å²) in [5.74, 6) is -7.11. The first-order valence-electron chi connectivity index (χ1n) is 40.1. The number of rotatable bonds is 75. The van der Waals surface area contributed by atoms with Crippen LogP contribution in [0.2, 0.25) is 0 Å². The molecular weight excluding hydrogens is 1620 g/mol. The molecule has 0 fully saturated rings. The largest absolute Gasteiger partial charge is 0.379 e. The van der Waals surface area contributed by atoms with Crippen LogP contribution in [0.15, 0.2) is 0 Å². The zero-order valence-electron chi connectivity index (χ0n) is 71.4. The summed E-state index contributed by atoms with van der Waals surface area (Å²) >= 11 is 0. The lowest BCUT2D eigenvalue weighted by Gasteiger charge is -2.40. The second-order valence-corrected chi connectivity index (χ2v) is 28.7. The summed E-state index contributed by atoms with van der Waals surface area (Å²) in [6.07, 6.45) is -1.93.